The average Bonchev–Trinajstić information content (AvgIpc) is 2.82. The van der Waals surface area contributed by atoms with Crippen LogP contribution < -0.4 is 0 Å². The Morgan fingerprint density at radius 1 is 1.33 bits per heavy atom. The number of aliphatic hydroxyl groups excluding tert-OH is 3. The molecule has 150 valence electrons. The molecule has 4 rings (SSSR count). The minimum Gasteiger partial charge on any atom is -0.393 e. The smallest absolute Gasteiger partial charge is 0.192 e. The molecule has 0 saturated heterocycles. The summed E-state index contributed by atoms with van der Waals surface area (Å²) in [5, 5.41) is 42.3. The minimum atomic E-state index is -2.12. The number of aliphatic hydroxyl groups is 4. The topological polar surface area (TPSA) is 98.0 Å². The quantitative estimate of drug-likeness (QED) is 0.584. The van der Waals surface area contributed by atoms with Gasteiger partial charge >= 0.3 is 0 Å². The summed E-state index contributed by atoms with van der Waals surface area (Å²) in [7, 11) is 0. The molecular formula is C21H29FO5. The summed E-state index contributed by atoms with van der Waals surface area (Å²) in [5.41, 5.74) is -3.05. The lowest BCUT2D eigenvalue weighted by Crippen LogP contribution is -2.63. The molecule has 4 aliphatic rings. The first-order valence-corrected chi connectivity index (χ1v) is 9.89. The Labute approximate surface area is 158 Å². The van der Waals surface area contributed by atoms with E-state index in [0.29, 0.717) is 5.57 Å². The van der Waals surface area contributed by atoms with E-state index in [2.05, 4.69) is 0 Å². The van der Waals surface area contributed by atoms with Crippen LogP contribution in [0.5, 0.6) is 0 Å². The highest BCUT2D eigenvalue weighted by Crippen LogP contribution is 2.67. The van der Waals surface area contributed by atoms with Crippen molar-refractivity contribution in [2.24, 2.45) is 28.6 Å². The monoisotopic (exact) mass is 380 g/mol. The van der Waals surface area contributed by atoms with Crippen LogP contribution in [0.3, 0.4) is 0 Å². The van der Waals surface area contributed by atoms with Gasteiger partial charge in [-0.3, -0.25) is 4.79 Å². The first-order valence-electron chi connectivity index (χ1n) is 9.89. The van der Waals surface area contributed by atoms with Gasteiger partial charge in [-0.2, -0.15) is 0 Å². The van der Waals surface area contributed by atoms with Gasteiger partial charge in [0.05, 0.1) is 12.2 Å². The minimum absolute atomic E-state index is 0.145. The fraction of sp³-hybridized carbons (Fsp3) is 0.762. The highest BCUT2D eigenvalue weighted by Gasteiger charge is 2.71. The van der Waals surface area contributed by atoms with Gasteiger partial charge in [0.15, 0.2) is 11.4 Å². The zero-order valence-corrected chi connectivity index (χ0v) is 15.9. The Hall–Kier alpha value is -1.08. The van der Waals surface area contributed by atoms with Gasteiger partial charge in [-0.25, -0.2) is 4.39 Å². The van der Waals surface area contributed by atoms with E-state index < -0.39 is 41.0 Å². The second kappa shape index (κ2) is 5.96. The van der Waals surface area contributed by atoms with Crippen molar-refractivity contribution in [3.8, 4) is 0 Å². The molecule has 5 nitrogen and oxygen atoms in total. The average molecular weight is 380 g/mol. The fourth-order valence-corrected chi connectivity index (χ4v) is 7.15. The second-order valence-corrected chi connectivity index (χ2v) is 9.47. The molecule has 0 aliphatic heterocycles. The molecule has 8 atom stereocenters. The molecular weight excluding hydrogens is 351 g/mol. The van der Waals surface area contributed by atoms with Crippen LogP contribution in [0.25, 0.3) is 0 Å². The predicted octanol–water partition coefficient (Wildman–Crippen LogP) is 1.65. The Kier molecular flexibility index (Phi) is 4.25. The van der Waals surface area contributed by atoms with E-state index in [1.807, 2.05) is 19.1 Å². The molecule has 0 radical (unpaired) electrons. The Morgan fingerprint density at radius 3 is 2.70 bits per heavy atom. The molecule has 2 unspecified atom stereocenters. The van der Waals surface area contributed by atoms with E-state index in [-0.39, 0.29) is 42.8 Å². The largest absolute Gasteiger partial charge is 0.393 e. The molecule has 0 amide bonds. The predicted molar refractivity (Wildman–Crippen MR) is 96.1 cm³/mol. The number of fused-ring (bicyclic) bond motifs is 5. The second-order valence-electron chi connectivity index (χ2n) is 9.47. The molecule has 0 aromatic rings. The van der Waals surface area contributed by atoms with E-state index in [4.69, 9.17) is 0 Å². The molecule has 4 aliphatic carbocycles. The van der Waals surface area contributed by atoms with Crippen molar-refractivity contribution >= 4 is 5.78 Å². The number of carbonyl (C=O) groups is 1. The fourth-order valence-electron chi connectivity index (χ4n) is 7.15. The van der Waals surface area contributed by atoms with E-state index >= 15 is 4.39 Å². The maximum Gasteiger partial charge on any atom is 0.192 e. The van der Waals surface area contributed by atoms with Gasteiger partial charge in [0.1, 0.15) is 12.4 Å². The molecule has 4 N–H and O–H groups in total. The molecule has 0 heterocycles. The van der Waals surface area contributed by atoms with Crippen LogP contribution in [0.15, 0.2) is 23.6 Å². The number of ketones is 1. The van der Waals surface area contributed by atoms with Gasteiger partial charge in [0, 0.05) is 17.3 Å². The van der Waals surface area contributed by atoms with Crippen molar-refractivity contribution in [2.45, 2.75) is 63.8 Å². The van der Waals surface area contributed by atoms with E-state index in [1.165, 1.54) is 0 Å². The zero-order chi connectivity index (χ0) is 19.8. The molecule has 27 heavy (non-hydrogen) atoms. The maximum atomic E-state index is 15.1. The van der Waals surface area contributed by atoms with Crippen molar-refractivity contribution in [1.29, 1.82) is 0 Å². The Morgan fingerprint density at radius 2 is 2.04 bits per heavy atom. The third-order valence-electron chi connectivity index (χ3n) is 8.42. The zero-order valence-electron chi connectivity index (χ0n) is 15.9. The first kappa shape index (κ1) is 19.2. The first-order chi connectivity index (χ1) is 12.6. The van der Waals surface area contributed by atoms with Gasteiger partial charge in [0.25, 0.3) is 0 Å². The number of allylic oxidation sites excluding steroid dienone is 4. The SMILES string of the molecule is C[C@]12CCC=CC1=C(F)C[C@@H]1[C@@H]2C(O)C[C@@]2(C)[C@H]1CC(O)[C@]2(O)C(=O)CO. The number of rotatable bonds is 2. The van der Waals surface area contributed by atoms with Crippen LogP contribution >= 0.6 is 0 Å². The van der Waals surface area contributed by atoms with Gasteiger partial charge in [0.2, 0.25) is 0 Å². The van der Waals surface area contributed by atoms with Crippen LogP contribution in [-0.2, 0) is 4.79 Å². The van der Waals surface area contributed by atoms with Gasteiger partial charge in [-0.1, -0.05) is 26.0 Å². The lowest BCUT2D eigenvalue weighted by molar-refractivity contribution is -0.191. The van der Waals surface area contributed by atoms with Crippen LogP contribution in [0, 0.1) is 28.6 Å². The van der Waals surface area contributed by atoms with Crippen LogP contribution in [0.1, 0.15) is 46.0 Å². The van der Waals surface area contributed by atoms with E-state index in [0.717, 1.165) is 12.8 Å². The summed E-state index contributed by atoms with van der Waals surface area (Å²) in [5.74, 6) is -1.78. The Bertz CT molecular complexity index is 732. The summed E-state index contributed by atoms with van der Waals surface area (Å²) < 4.78 is 15.1. The van der Waals surface area contributed by atoms with Crippen molar-refractivity contribution in [1.82, 2.24) is 0 Å². The molecule has 0 spiro atoms. The maximum absolute atomic E-state index is 15.1. The summed E-state index contributed by atoms with van der Waals surface area (Å²) in [6.07, 6.45) is 3.68. The van der Waals surface area contributed by atoms with Gasteiger partial charge in [-0.15, -0.1) is 0 Å². The van der Waals surface area contributed by atoms with Crippen molar-refractivity contribution in [3.05, 3.63) is 23.6 Å². The van der Waals surface area contributed by atoms with Crippen molar-refractivity contribution in [2.75, 3.05) is 6.61 Å². The molecule has 0 aromatic heterocycles. The molecule has 0 bridgehead atoms. The molecule has 2 saturated carbocycles. The number of hydrogen-bond donors (Lipinski definition) is 4. The molecule has 2 fully saturated rings. The van der Waals surface area contributed by atoms with Crippen LogP contribution in [0.2, 0.25) is 0 Å². The number of Topliss-reactive ketones (excluding diaryl/α,β-unsaturated/α-hetero) is 1. The Balaban J connectivity index is 1.82. The van der Waals surface area contributed by atoms with E-state index in [9.17, 15) is 25.2 Å². The number of carbonyl (C=O) groups excluding carboxylic acids is 1. The third kappa shape index (κ3) is 2.21. The molecule has 6 heteroatoms. The summed E-state index contributed by atoms with van der Waals surface area (Å²) in [4.78, 5) is 12.4. The van der Waals surface area contributed by atoms with Crippen LogP contribution in [0.4, 0.5) is 4.39 Å². The lowest BCUT2D eigenvalue weighted by Gasteiger charge is -2.59. The van der Waals surface area contributed by atoms with Gasteiger partial charge in [-0.05, 0) is 49.0 Å². The van der Waals surface area contributed by atoms with Gasteiger partial charge < -0.3 is 20.4 Å². The molecule has 0 aromatic carbocycles. The highest BCUT2D eigenvalue weighted by atomic mass is 19.1. The third-order valence-corrected chi connectivity index (χ3v) is 8.42. The summed E-state index contributed by atoms with van der Waals surface area (Å²) >= 11 is 0. The number of hydrogen-bond acceptors (Lipinski definition) is 5. The van der Waals surface area contributed by atoms with E-state index in [1.54, 1.807) is 6.92 Å². The highest BCUT2D eigenvalue weighted by molar-refractivity contribution is 5.90. The van der Waals surface area contributed by atoms with Crippen molar-refractivity contribution in [3.63, 3.8) is 0 Å². The summed E-state index contributed by atoms with van der Waals surface area (Å²) in [6, 6.07) is 0. The standard InChI is InChI=1S/C21H29FO5/c1-19-6-4-3-5-12(19)14(22)7-11-13-8-16(25)21(27,17(26)10-23)20(13,2)9-15(24)18(11)19/h3,5,11,13,15-16,18,23-25,27H,4,6-10H2,1-2H3/t11-,13-,15?,16?,18+,19-,20-,21-/m0/s1. The van der Waals surface area contributed by atoms with Crippen LogP contribution in [-0.4, -0.2) is 50.6 Å². The lowest BCUT2D eigenvalue weighted by atomic mass is 9.46. The normalized spacial score (nSPS) is 51.6. The number of halogens is 1. The summed E-state index contributed by atoms with van der Waals surface area (Å²) in [6.45, 7) is 2.83. The van der Waals surface area contributed by atoms with Crippen molar-refractivity contribution < 1.29 is 29.6 Å².